The maximum atomic E-state index is 5.93. The highest BCUT2D eigenvalue weighted by Crippen LogP contribution is 2.29. The van der Waals surface area contributed by atoms with Crippen LogP contribution in [0, 0.1) is 5.92 Å². The van der Waals surface area contributed by atoms with Crippen LogP contribution in [-0.2, 0) is 11.8 Å². The van der Waals surface area contributed by atoms with E-state index in [1.807, 2.05) is 24.9 Å². The van der Waals surface area contributed by atoms with E-state index < -0.39 is 0 Å². The average molecular weight is 318 g/mol. The third-order valence-corrected chi connectivity index (χ3v) is 3.61. The third kappa shape index (κ3) is 3.56. The predicted octanol–water partition coefficient (Wildman–Crippen LogP) is 2.89. The molecule has 0 spiro atoms. The van der Waals surface area contributed by atoms with Gasteiger partial charge in [-0.3, -0.25) is 4.68 Å². The van der Waals surface area contributed by atoms with Crippen molar-refractivity contribution in [1.29, 1.82) is 0 Å². The summed E-state index contributed by atoms with van der Waals surface area (Å²) in [7, 11) is 1.97. The smallest absolute Gasteiger partial charge is 0.0808 e. The molecule has 1 aromatic rings. The van der Waals surface area contributed by atoms with Gasteiger partial charge in [0.2, 0.25) is 0 Å². The van der Waals surface area contributed by atoms with Crippen molar-refractivity contribution in [3.05, 3.63) is 16.4 Å². The molecule has 1 rings (SSSR count). The summed E-state index contributed by atoms with van der Waals surface area (Å²) in [5.41, 5.74) is 1.14. The summed E-state index contributed by atoms with van der Waals surface area (Å²) in [6.45, 7) is 10.2. The summed E-state index contributed by atoms with van der Waals surface area (Å²) >= 11 is 3.58. The molecule has 0 bridgehead atoms. The zero-order valence-electron chi connectivity index (χ0n) is 11.9. The molecule has 2 atom stereocenters. The van der Waals surface area contributed by atoms with Gasteiger partial charge in [0.25, 0.3) is 0 Å². The van der Waals surface area contributed by atoms with Crippen molar-refractivity contribution in [2.45, 2.75) is 39.8 Å². The highest BCUT2D eigenvalue weighted by molar-refractivity contribution is 9.10. The molecule has 0 saturated carbocycles. The van der Waals surface area contributed by atoms with Gasteiger partial charge >= 0.3 is 0 Å². The molecule has 0 aromatic carbocycles. The van der Waals surface area contributed by atoms with Gasteiger partial charge in [0.15, 0.2) is 0 Å². The maximum Gasteiger partial charge on any atom is 0.0808 e. The van der Waals surface area contributed by atoms with Gasteiger partial charge in [0.1, 0.15) is 0 Å². The molecule has 0 amide bonds. The molecule has 5 heteroatoms. The van der Waals surface area contributed by atoms with Crippen LogP contribution in [0.4, 0.5) is 0 Å². The number of halogens is 1. The number of rotatable bonds is 7. The number of aromatic nitrogens is 2. The summed E-state index contributed by atoms with van der Waals surface area (Å²) < 4.78 is 8.86. The van der Waals surface area contributed by atoms with E-state index in [9.17, 15) is 0 Å². The van der Waals surface area contributed by atoms with Crippen molar-refractivity contribution >= 4 is 15.9 Å². The monoisotopic (exact) mass is 317 g/mol. The van der Waals surface area contributed by atoms with Gasteiger partial charge in [-0.15, -0.1) is 0 Å². The first-order valence-corrected chi connectivity index (χ1v) is 7.34. The number of nitrogens with zero attached hydrogens (tertiary/aromatic N) is 2. The number of nitrogens with one attached hydrogen (secondary N) is 1. The Morgan fingerprint density at radius 2 is 2.11 bits per heavy atom. The quantitative estimate of drug-likeness (QED) is 0.840. The average Bonchev–Trinajstić information content (AvgIpc) is 2.63. The summed E-state index contributed by atoms with van der Waals surface area (Å²) in [4.78, 5) is 0. The van der Waals surface area contributed by atoms with Crippen molar-refractivity contribution in [2.75, 3.05) is 13.2 Å². The van der Waals surface area contributed by atoms with E-state index in [0.29, 0.717) is 5.92 Å². The summed E-state index contributed by atoms with van der Waals surface area (Å²) in [5, 5.41) is 7.81. The SMILES string of the molecule is CCNC(c1c(Br)cnn1C)C(OCC)C(C)C. The van der Waals surface area contributed by atoms with Crippen molar-refractivity contribution in [2.24, 2.45) is 13.0 Å². The summed E-state index contributed by atoms with van der Waals surface area (Å²) in [6.07, 6.45) is 1.98. The highest BCUT2D eigenvalue weighted by atomic mass is 79.9. The van der Waals surface area contributed by atoms with Gasteiger partial charge in [-0.1, -0.05) is 20.8 Å². The fourth-order valence-electron chi connectivity index (χ4n) is 2.22. The minimum atomic E-state index is 0.140. The maximum absolute atomic E-state index is 5.93. The Hall–Kier alpha value is -0.390. The van der Waals surface area contributed by atoms with Gasteiger partial charge in [-0.25, -0.2) is 0 Å². The van der Waals surface area contributed by atoms with E-state index in [-0.39, 0.29) is 12.1 Å². The van der Waals surface area contributed by atoms with E-state index in [2.05, 4.69) is 47.1 Å². The second-order valence-corrected chi connectivity index (χ2v) is 5.56. The molecule has 1 heterocycles. The molecule has 1 aromatic heterocycles. The standard InChI is InChI=1S/C13H24BrN3O/c1-6-15-11(13(9(3)4)18-7-2)12-10(14)8-16-17(12)5/h8-9,11,13,15H,6-7H2,1-5H3. The minimum absolute atomic E-state index is 0.140. The normalized spacial score (nSPS) is 15.1. The third-order valence-electron chi connectivity index (χ3n) is 3.00. The van der Waals surface area contributed by atoms with Crippen LogP contribution in [0.5, 0.6) is 0 Å². The topological polar surface area (TPSA) is 39.1 Å². The first kappa shape index (κ1) is 15.7. The Balaban J connectivity index is 3.07. The number of hydrogen-bond acceptors (Lipinski definition) is 3. The van der Waals surface area contributed by atoms with E-state index in [0.717, 1.165) is 23.3 Å². The van der Waals surface area contributed by atoms with Crippen LogP contribution in [0.25, 0.3) is 0 Å². The van der Waals surface area contributed by atoms with Crippen LogP contribution in [0.15, 0.2) is 10.7 Å². The van der Waals surface area contributed by atoms with Crippen LogP contribution < -0.4 is 5.32 Å². The molecule has 0 aliphatic heterocycles. The van der Waals surface area contributed by atoms with Gasteiger partial charge in [0.05, 0.1) is 28.5 Å². The molecular formula is C13H24BrN3O. The molecular weight excluding hydrogens is 294 g/mol. The molecule has 0 fully saturated rings. The molecule has 2 unspecified atom stereocenters. The zero-order chi connectivity index (χ0) is 13.7. The Labute approximate surface area is 118 Å². The van der Waals surface area contributed by atoms with Gasteiger partial charge in [0, 0.05) is 13.7 Å². The molecule has 104 valence electrons. The Bertz CT molecular complexity index is 346. The van der Waals surface area contributed by atoms with Gasteiger partial charge < -0.3 is 10.1 Å². The molecule has 0 saturated heterocycles. The number of aryl methyl sites for hydroxylation is 1. The van der Waals surface area contributed by atoms with Crippen molar-refractivity contribution in [3.8, 4) is 0 Å². The van der Waals surface area contributed by atoms with Crippen LogP contribution in [0.3, 0.4) is 0 Å². The fourth-order valence-corrected chi connectivity index (χ4v) is 2.82. The van der Waals surface area contributed by atoms with E-state index in [1.165, 1.54) is 0 Å². The van der Waals surface area contributed by atoms with Crippen LogP contribution in [0.2, 0.25) is 0 Å². The van der Waals surface area contributed by atoms with Crippen LogP contribution >= 0.6 is 15.9 Å². The van der Waals surface area contributed by atoms with E-state index >= 15 is 0 Å². The minimum Gasteiger partial charge on any atom is -0.376 e. The highest BCUT2D eigenvalue weighted by Gasteiger charge is 2.29. The molecule has 18 heavy (non-hydrogen) atoms. The number of ether oxygens (including phenoxy) is 1. The zero-order valence-corrected chi connectivity index (χ0v) is 13.5. The Morgan fingerprint density at radius 1 is 1.44 bits per heavy atom. The van der Waals surface area contributed by atoms with E-state index in [4.69, 9.17) is 4.74 Å². The fraction of sp³-hybridized carbons (Fsp3) is 0.769. The van der Waals surface area contributed by atoms with Crippen molar-refractivity contribution in [1.82, 2.24) is 15.1 Å². The van der Waals surface area contributed by atoms with Crippen molar-refractivity contribution < 1.29 is 4.74 Å². The molecule has 0 radical (unpaired) electrons. The number of hydrogen-bond donors (Lipinski definition) is 1. The lowest BCUT2D eigenvalue weighted by atomic mass is 9.96. The largest absolute Gasteiger partial charge is 0.376 e. The lowest BCUT2D eigenvalue weighted by Gasteiger charge is -2.31. The Kier molecular flexibility index (Phi) is 6.32. The molecule has 0 aliphatic carbocycles. The number of likely N-dealkylation sites (N-methyl/N-ethyl adjacent to an activating group) is 1. The van der Waals surface area contributed by atoms with Crippen LogP contribution in [-0.4, -0.2) is 29.0 Å². The van der Waals surface area contributed by atoms with E-state index in [1.54, 1.807) is 0 Å². The molecule has 0 aliphatic rings. The molecule has 1 N–H and O–H groups in total. The first-order valence-electron chi connectivity index (χ1n) is 6.55. The predicted molar refractivity (Wildman–Crippen MR) is 77.6 cm³/mol. The second kappa shape index (κ2) is 7.26. The van der Waals surface area contributed by atoms with Crippen LogP contribution in [0.1, 0.15) is 39.4 Å². The lowest BCUT2D eigenvalue weighted by Crippen LogP contribution is -2.38. The Morgan fingerprint density at radius 3 is 2.50 bits per heavy atom. The van der Waals surface area contributed by atoms with Gasteiger partial charge in [-0.05, 0) is 35.3 Å². The first-order chi connectivity index (χ1) is 8.52. The lowest BCUT2D eigenvalue weighted by molar-refractivity contribution is 0.00114. The van der Waals surface area contributed by atoms with Crippen molar-refractivity contribution in [3.63, 3.8) is 0 Å². The summed E-state index contributed by atoms with van der Waals surface area (Å²) in [5.74, 6) is 0.441. The molecule has 4 nitrogen and oxygen atoms in total. The summed E-state index contributed by atoms with van der Waals surface area (Å²) in [6, 6.07) is 0.150. The second-order valence-electron chi connectivity index (χ2n) is 4.70. The van der Waals surface area contributed by atoms with Gasteiger partial charge in [-0.2, -0.15) is 5.10 Å².